The van der Waals surface area contributed by atoms with E-state index in [0.29, 0.717) is 0 Å². The molecule has 1 atom stereocenters. The molecule has 3 N–H and O–H groups in total. The number of methoxy groups -OCH3 is 1. The second kappa shape index (κ2) is 7.86. The molecule has 1 fully saturated rings. The molecule has 112 valence electrons. The number of hydrogen-bond donors (Lipinski definition) is 2. The molecule has 0 amide bonds. The van der Waals surface area contributed by atoms with Gasteiger partial charge in [-0.3, -0.25) is 11.3 Å². The first-order valence-corrected chi connectivity index (χ1v) is 8.24. The van der Waals surface area contributed by atoms with Crippen LogP contribution in [-0.4, -0.2) is 24.7 Å². The molecule has 1 aliphatic rings. The average molecular weight is 298 g/mol. The van der Waals surface area contributed by atoms with Gasteiger partial charge in [-0.25, -0.2) is 4.39 Å². The van der Waals surface area contributed by atoms with Crippen molar-refractivity contribution in [3.8, 4) is 5.75 Å². The monoisotopic (exact) mass is 298 g/mol. The maximum absolute atomic E-state index is 13.7. The summed E-state index contributed by atoms with van der Waals surface area (Å²) in [6.45, 7) is 0. The van der Waals surface area contributed by atoms with Gasteiger partial charge in [-0.15, -0.1) is 0 Å². The van der Waals surface area contributed by atoms with Gasteiger partial charge in [-0.2, -0.15) is 11.8 Å². The fourth-order valence-corrected chi connectivity index (χ4v) is 3.92. The maximum Gasteiger partial charge on any atom is 0.165 e. The Labute approximate surface area is 124 Å². The van der Waals surface area contributed by atoms with Crippen molar-refractivity contribution in [2.75, 3.05) is 18.6 Å². The summed E-state index contributed by atoms with van der Waals surface area (Å²) in [5, 5.41) is 0. The molecular formula is C15H23FN2OS. The van der Waals surface area contributed by atoms with Crippen molar-refractivity contribution in [3.63, 3.8) is 0 Å². The van der Waals surface area contributed by atoms with Gasteiger partial charge in [0.2, 0.25) is 0 Å². The fraction of sp³-hybridized carbons (Fsp3) is 0.600. The third-order valence-electron chi connectivity index (χ3n) is 3.89. The van der Waals surface area contributed by atoms with Gasteiger partial charge in [0.25, 0.3) is 0 Å². The van der Waals surface area contributed by atoms with Crippen LogP contribution in [0, 0.1) is 11.7 Å². The van der Waals surface area contributed by atoms with Crippen molar-refractivity contribution >= 4 is 11.8 Å². The molecule has 1 aromatic carbocycles. The molecule has 1 heterocycles. The lowest BCUT2D eigenvalue weighted by atomic mass is 9.91. The molecule has 0 radical (unpaired) electrons. The van der Waals surface area contributed by atoms with E-state index in [1.165, 1.54) is 31.5 Å². The van der Waals surface area contributed by atoms with Gasteiger partial charge >= 0.3 is 0 Å². The van der Waals surface area contributed by atoms with Gasteiger partial charge in [-0.1, -0.05) is 6.07 Å². The third kappa shape index (κ3) is 4.36. The molecule has 0 aliphatic carbocycles. The zero-order valence-electron chi connectivity index (χ0n) is 11.9. The van der Waals surface area contributed by atoms with Crippen molar-refractivity contribution in [2.45, 2.75) is 31.7 Å². The van der Waals surface area contributed by atoms with E-state index >= 15 is 0 Å². The van der Waals surface area contributed by atoms with Crippen LogP contribution < -0.4 is 16.0 Å². The Morgan fingerprint density at radius 3 is 2.80 bits per heavy atom. The van der Waals surface area contributed by atoms with Crippen LogP contribution in [0.15, 0.2) is 18.2 Å². The van der Waals surface area contributed by atoms with Crippen LogP contribution >= 0.6 is 11.8 Å². The van der Waals surface area contributed by atoms with E-state index < -0.39 is 0 Å². The van der Waals surface area contributed by atoms with E-state index in [4.69, 9.17) is 10.6 Å². The van der Waals surface area contributed by atoms with Crippen LogP contribution in [0.5, 0.6) is 5.75 Å². The Balaban J connectivity index is 1.93. The summed E-state index contributed by atoms with van der Waals surface area (Å²) >= 11 is 2.03. The fourth-order valence-electron chi connectivity index (χ4n) is 2.72. The predicted molar refractivity (Wildman–Crippen MR) is 82.4 cm³/mol. The molecule has 1 saturated heterocycles. The normalized spacial score (nSPS) is 17.9. The van der Waals surface area contributed by atoms with Crippen molar-refractivity contribution in [2.24, 2.45) is 11.8 Å². The highest BCUT2D eigenvalue weighted by molar-refractivity contribution is 7.99. The molecule has 20 heavy (non-hydrogen) atoms. The average Bonchev–Trinajstić information content (AvgIpc) is 2.48. The van der Waals surface area contributed by atoms with Crippen molar-refractivity contribution in [1.29, 1.82) is 0 Å². The SMILES string of the molecule is COc1ccc(CC(CC2CCSCC2)NN)cc1F. The molecule has 0 aromatic heterocycles. The van der Waals surface area contributed by atoms with Crippen molar-refractivity contribution in [1.82, 2.24) is 5.43 Å². The minimum Gasteiger partial charge on any atom is -0.494 e. The van der Waals surface area contributed by atoms with Crippen LogP contribution in [0.25, 0.3) is 0 Å². The van der Waals surface area contributed by atoms with Crippen molar-refractivity contribution < 1.29 is 9.13 Å². The molecular weight excluding hydrogens is 275 g/mol. The van der Waals surface area contributed by atoms with Crippen molar-refractivity contribution in [3.05, 3.63) is 29.6 Å². The number of halogens is 1. The first-order valence-electron chi connectivity index (χ1n) is 7.09. The smallest absolute Gasteiger partial charge is 0.165 e. The van der Waals surface area contributed by atoms with Gasteiger partial charge in [-0.05, 0) is 60.8 Å². The highest BCUT2D eigenvalue weighted by Crippen LogP contribution is 2.27. The first-order chi connectivity index (χ1) is 9.72. The Kier molecular flexibility index (Phi) is 6.13. The van der Waals surface area contributed by atoms with E-state index in [2.05, 4.69) is 5.43 Å². The number of hydrazine groups is 1. The zero-order chi connectivity index (χ0) is 14.4. The number of benzene rings is 1. The standard InChI is InChI=1S/C15H23FN2OS/c1-19-15-3-2-12(10-14(15)16)9-13(18-17)8-11-4-6-20-7-5-11/h2-3,10-11,13,18H,4-9,17H2,1H3. The van der Waals surface area contributed by atoms with Gasteiger partial charge in [0.15, 0.2) is 11.6 Å². The summed E-state index contributed by atoms with van der Waals surface area (Å²) in [6.07, 6.45) is 4.34. The van der Waals surface area contributed by atoms with Gasteiger partial charge in [0.1, 0.15) is 0 Å². The van der Waals surface area contributed by atoms with Crippen LogP contribution in [-0.2, 0) is 6.42 Å². The number of nitrogens with two attached hydrogens (primary N) is 1. The Morgan fingerprint density at radius 1 is 1.45 bits per heavy atom. The lowest BCUT2D eigenvalue weighted by molar-refractivity contribution is 0.364. The molecule has 0 spiro atoms. The number of nitrogens with one attached hydrogen (secondary N) is 1. The second-order valence-corrected chi connectivity index (χ2v) is 6.55. The van der Waals surface area contributed by atoms with E-state index in [0.717, 1.165) is 24.3 Å². The Hall–Kier alpha value is -0.780. The molecule has 0 saturated carbocycles. The Bertz CT molecular complexity index is 424. The number of hydrogen-bond acceptors (Lipinski definition) is 4. The quantitative estimate of drug-likeness (QED) is 0.626. The summed E-state index contributed by atoms with van der Waals surface area (Å²) in [6, 6.07) is 5.33. The Morgan fingerprint density at radius 2 is 2.20 bits per heavy atom. The van der Waals surface area contributed by atoms with E-state index in [1.807, 2.05) is 17.8 Å². The molecule has 2 rings (SSSR count). The summed E-state index contributed by atoms with van der Waals surface area (Å²) in [5.41, 5.74) is 3.84. The van der Waals surface area contributed by atoms with Crippen LogP contribution in [0.4, 0.5) is 4.39 Å². The predicted octanol–water partition coefficient (Wildman–Crippen LogP) is 2.74. The number of thioether (sulfide) groups is 1. The molecule has 1 aromatic rings. The molecule has 0 bridgehead atoms. The molecule has 1 unspecified atom stereocenters. The lowest BCUT2D eigenvalue weighted by Crippen LogP contribution is -2.38. The molecule has 5 heteroatoms. The van der Waals surface area contributed by atoms with Crippen LogP contribution in [0.1, 0.15) is 24.8 Å². The first kappa shape index (κ1) is 15.6. The van der Waals surface area contributed by atoms with Gasteiger partial charge in [0.05, 0.1) is 7.11 Å². The van der Waals surface area contributed by atoms with Crippen LogP contribution in [0.3, 0.4) is 0 Å². The molecule has 1 aliphatic heterocycles. The summed E-state index contributed by atoms with van der Waals surface area (Å²) in [4.78, 5) is 0. The topological polar surface area (TPSA) is 47.3 Å². The number of ether oxygens (including phenoxy) is 1. The largest absolute Gasteiger partial charge is 0.494 e. The van der Waals surface area contributed by atoms with E-state index in [1.54, 1.807) is 12.1 Å². The van der Waals surface area contributed by atoms with Gasteiger partial charge in [0, 0.05) is 6.04 Å². The highest BCUT2D eigenvalue weighted by atomic mass is 32.2. The maximum atomic E-state index is 13.7. The minimum absolute atomic E-state index is 0.205. The van der Waals surface area contributed by atoms with E-state index in [-0.39, 0.29) is 17.6 Å². The highest BCUT2D eigenvalue weighted by Gasteiger charge is 2.19. The summed E-state index contributed by atoms with van der Waals surface area (Å²) in [7, 11) is 1.48. The zero-order valence-corrected chi connectivity index (χ0v) is 12.7. The second-order valence-electron chi connectivity index (χ2n) is 5.33. The number of rotatable bonds is 6. The minimum atomic E-state index is -0.310. The van der Waals surface area contributed by atoms with Crippen LogP contribution in [0.2, 0.25) is 0 Å². The lowest BCUT2D eigenvalue weighted by Gasteiger charge is -2.26. The summed E-state index contributed by atoms with van der Waals surface area (Å²) < 4.78 is 18.6. The third-order valence-corrected chi connectivity index (χ3v) is 4.94. The van der Waals surface area contributed by atoms with Gasteiger partial charge < -0.3 is 4.74 Å². The molecule has 3 nitrogen and oxygen atoms in total. The summed E-state index contributed by atoms with van der Waals surface area (Å²) in [5.74, 6) is 8.87. The van der Waals surface area contributed by atoms with E-state index in [9.17, 15) is 4.39 Å².